The Bertz CT molecular complexity index is 240. The summed E-state index contributed by atoms with van der Waals surface area (Å²) in [4.78, 5) is 21.7. The van der Waals surface area contributed by atoms with Crippen LogP contribution in [0.1, 0.15) is 47.0 Å². The van der Waals surface area contributed by atoms with Gasteiger partial charge in [0.2, 0.25) is 6.29 Å². The number of hydrogen-bond acceptors (Lipinski definition) is 5. The fraction of sp³-hybridized carbons (Fsp3) is 0.917. The highest BCUT2D eigenvalue weighted by Gasteiger charge is 2.26. The van der Waals surface area contributed by atoms with Crippen LogP contribution in [0.2, 0.25) is 0 Å². The van der Waals surface area contributed by atoms with Crippen LogP contribution in [0.25, 0.3) is 0 Å². The molecule has 0 radical (unpaired) electrons. The molecule has 0 aliphatic carbocycles. The van der Waals surface area contributed by atoms with E-state index in [1.807, 2.05) is 20.8 Å². The molecule has 2 unspecified atom stereocenters. The van der Waals surface area contributed by atoms with Crippen molar-refractivity contribution < 1.29 is 24.0 Å². The summed E-state index contributed by atoms with van der Waals surface area (Å²) in [5, 5.41) is 0. The van der Waals surface area contributed by atoms with Crippen LogP contribution >= 0.6 is 0 Å². The molecule has 1 rings (SSSR count). The first kappa shape index (κ1) is 14.4. The lowest BCUT2D eigenvalue weighted by atomic mass is 10.1. The molecule has 0 N–H and O–H groups in total. The van der Waals surface area contributed by atoms with Gasteiger partial charge in [-0.05, 0) is 40.0 Å². The molecular weight excluding hydrogens is 224 g/mol. The van der Waals surface area contributed by atoms with E-state index in [0.29, 0.717) is 13.0 Å². The molecule has 0 aromatic rings. The minimum atomic E-state index is -0.729. The van der Waals surface area contributed by atoms with Gasteiger partial charge in [-0.25, -0.2) is 9.68 Å². The number of carbonyl (C=O) groups is 1. The van der Waals surface area contributed by atoms with Crippen molar-refractivity contribution in [2.24, 2.45) is 0 Å². The second-order valence-corrected chi connectivity index (χ2v) is 5.15. The molecule has 0 saturated carbocycles. The Hall–Kier alpha value is -0.650. The Balaban J connectivity index is 2.25. The van der Waals surface area contributed by atoms with Gasteiger partial charge in [0.05, 0.1) is 5.60 Å². The number of esters is 1. The standard InChI is InChI=1S/C12H22O5/c1-9(16-17-12(2,3)4)15-11(13)10-7-5-6-8-14-10/h9-10H,5-8H2,1-4H3. The monoisotopic (exact) mass is 246 g/mol. The van der Waals surface area contributed by atoms with E-state index in [2.05, 4.69) is 0 Å². The van der Waals surface area contributed by atoms with Crippen LogP contribution in [0.5, 0.6) is 0 Å². The van der Waals surface area contributed by atoms with Crippen molar-refractivity contribution in [1.29, 1.82) is 0 Å². The van der Waals surface area contributed by atoms with Crippen molar-refractivity contribution in [2.75, 3.05) is 6.61 Å². The highest BCUT2D eigenvalue weighted by atomic mass is 17.2. The minimum absolute atomic E-state index is 0.380. The van der Waals surface area contributed by atoms with Gasteiger partial charge in [0.15, 0.2) is 6.10 Å². The molecule has 2 atom stereocenters. The van der Waals surface area contributed by atoms with Crippen LogP contribution in [0.3, 0.4) is 0 Å². The molecule has 0 aromatic carbocycles. The SMILES string of the molecule is CC(OOC(C)(C)C)OC(=O)C1CCCCO1. The number of hydrogen-bond donors (Lipinski definition) is 0. The maximum atomic E-state index is 11.7. The van der Waals surface area contributed by atoms with Gasteiger partial charge in [-0.1, -0.05) is 0 Å². The summed E-state index contributed by atoms with van der Waals surface area (Å²) in [6.07, 6.45) is 1.53. The summed E-state index contributed by atoms with van der Waals surface area (Å²) in [6, 6.07) is 0. The van der Waals surface area contributed by atoms with E-state index in [1.165, 1.54) is 0 Å². The molecule has 0 aromatic heterocycles. The second kappa shape index (κ2) is 6.33. The van der Waals surface area contributed by atoms with E-state index >= 15 is 0 Å². The van der Waals surface area contributed by atoms with Crippen LogP contribution in [-0.2, 0) is 24.0 Å². The van der Waals surface area contributed by atoms with Crippen LogP contribution in [-0.4, -0.2) is 30.6 Å². The summed E-state index contributed by atoms with van der Waals surface area (Å²) in [7, 11) is 0. The second-order valence-electron chi connectivity index (χ2n) is 5.15. The van der Waals surface area contributed by atoms with Gasteiger partial charge in [-0.3, -0.25) is 0 Å². The van der Waals surface area contributed by atoms with Gasteiger partial charge in [0, 0.05) is 13.5 Å². The molecule has 0 spiro atoms. The van der Waals surface area contributed by atoms with Crippen LogP contribution in [0, 0.1) is 0 Å². The molecule has 5 nitrogen and oxygen atoms in total. The Labute approximate surface area is 102 Å². The number of rotatable bonds is 4. The van der Waals surface area contributed by atoms with E-state index < -0.39 is 18.0 Å². The van der Waals surface area contributed by atoms with E-state index in [4.69, 9.17) is 19.2 Å². The molecule has 1 heterocycles. The van der Waals surface area contributed by atoms with Crippen LogP contribution < -0.4 is 0 Å². The molecule has 1 aliphatic heterocycles. The predicted molar refractivity (Wildman–Crippen MR) is 61.1 cm³/mol. The summed E-state index contributed by atoms with van der Waals surface area (Å²) in [5.41, 5.74) is -0.429. The Morgan fingerprint density at radius 1 is 1.35 bits per heavy atom. The van der Waals surface area contributed by atoms with Crippen molar-refractivity contribution in [2.45, 2.75) is 65.0 Å². The van der Waals surface area contributed by atoms with E-state index in [9.17, 15) is 4.79 Å². The first-order chi connectivity index (χ1) is 7.88. The number of ether oxygens (including phenoxy) is 2. The van der Waals surface area contributed by atoms with Gasteiger partial charge in [-0.2, -0.15) is 4.89 Å². The zero-order valence-electron chi connectivity index (χ0n) is 11.0. The minimum Gasteiger partial charge on any atom is -0.431 e. The lowest BCUT2D eigenvalue weighted by Gasteiger charge is -2.24. The zero-order valence-corrected chi connectivity index (χ0v) is 11.0. The molecule has 17 heavy (non-hydrogen) atoms. The fourth-order valence-electron chi connectivity index (χ4n) is 1.40. The Kier molecular flexibility index (Phi) is 5.36. The molecule has 100 valence electrons. The molecule has 1 aliphatic rings. The Morgan fingerprint density at radius 3 is 2.59 bits per heavy atom. The van der Waals surface area contributed by atoms with E-state index in [-0.39, 0.29) is 5.97 Å². The average molecular weight is 246 g/mol. The predicted octanol–water partition coefficient (Wildman–Crippen LogP) is 2.19. The highest BCUT2D eigenvalue weighted by molar-refractivity contribution is 5.74. The summed E-state index contributed by atoms with van der Waals surface area (Å²) in [5.74, 6) is -0.380. The van der Waals surface area contributed by atoms with Crippen LogP contribution in [0.4, 0.5) is 0 Å². The summed E-state index contributed by atoms with van der Waals surface area (Å²) < 4.78 is 10.4. The summed E-state index contributed by atoms with van der Waals surface area (Å²) >= 11 is 0. The molecule has 0 bridgehead atoms. The molecule has 0 amide bonds. The topological polar surface area (TPSA) is 54.0 Å². The zero-order chi connectivity index (χ0) is 12.9. The highest BCUT2D eigenvalue weighted by Crippen LogP contribution is 2.15. The smallest absolute Gasteiger partial charge is 0.337 e. The van der Waals surface area contributed by atoms with Gasteiger partial charge in [-0.15, -0.1) is 0 Å². The first-order valence-electron chi connectivity index (χ1n) is 6.05. The average Bonchev–Trinajstić information content (AvgIpc) is 2.27. The van der Waals surface area contributed by atoms with E-state index in [0.717, 1.165) is 12.8 Å². The van der Waals surface area contributed by atoms with Gasteiger partial charge in [0.25, 0.3) is 0 Å². The quantitative estimate of drug-likeness (QED) is 0.329. The third-order valence-corrected chi connectivity index (χ3v) is 2.16. The fourth-order valence-corrected chi connectivity index (χ4v) is 1.40. The van der Waals surface area contributed by atoms with Crippen molar-refractivity contribution in [3.8, 4) is 0 Å². The largest absolute Gasteiger partial charge is 0.431 e. The Morgan fingerprint density at radius 2 is 2.06 bits per heavy atom. The normalized spacial score (nSPS) is 23.2. The maximum Gasteiger partial charge on any atom is 0.337 e. The molecule has 1 fully saturated rings. The van der Waals surface area contributed by atoms with Crippen molar-refractivity contribution in [3.63, 3.8) is 0 Å². The lowest BCUT2D eigenvalue weighted by Crippen LogP contribution is -2.34. The molecule has 5 heteroatoms. The van der Waals surface area contributed by atoms with E-state index in [1.54, 1.807) is 6.92 Å². The van der Waals surface area contributed by atoms with Crippen LogP contribution in [0.15, 0.2) is 0 Å². The molecule has 1 saturated heterocycles. The maximum absolute atomic E-state index is 11.7. The lowest BCUT2D eigenvalue weighted by molar-refractivity contribution is -0.405. The van der Waals surface area contributed by atoms with Crippen molar-refractivity contribution in [1.82, 2.24) is 0 Å². The first-order valence-corrected chi connectivity index (χ1v) is 6.05. The van der Waals surface area contributed by atoms with Gasteiger partial charge >= 0.3 is 5.97 Å². The van der Waals surface area contributed by atoms with Crippen molar-refractivity contribution >= 4 is 5.97 Å². The van der Waals surface area contributed by atoms with Gasteiger partial charge < -0.3 is 9.47 Å². The number of carbonyl (C=O) groups excluding carboxylic acids is 1. The molecular formula is C12H22O5. The third kappa shape index (κ3) is 6.00. The summed E-state index contributed by atoms with van der Waals surface area (Å²) in [6.45, 7) is 7.79. The van der Waals surface area contributed by atoms with Crippen molar-refractivity contribution in [3.05, 3.63) is 0 Å². The van der Waals surface area contributed by atoms with Gasteiger partial charge in [0.1, 0.15) is 0 Å². The third-order valence-electron chi connectivity index (χ3n) is 2.16.